The molecule has 1 saturated heterocycles. The molecule has 4 heteroatoms. The summed E-state index contributed by atoms with van der Waals surface area (Å²) in [5.41, 5.74) is 5.83. The predicted octanol–water partition coefficient (Wildman–Crippen LogP) is 0.509. The van der Waals surface area contributed by atoms with Gasteiger partial charge in [-0.1, -0.05) is 20.8 Å². The van der Waals surface area contributed by atoms with Gasteiger partial charge in [-0.15, -0.1) is 0 Å². The van der Waals surface area contributed by atoms with Crippen LogP contribution < -0.4 is 5.73 Å². The molecule has 0 aromatic carbocycles. The second-order valence-electron chi connectivity index (χ2n) is 4.87. The molecule has 0 aromatic rings. The number of nitrogens with two attached hydrogens (primary N) is 1. The molecular weight excluding hydrogens is 180 g/mol. The van der Waals surface area contributed by atoms with E-state index in [1.807, 2.05) is 20.8 Å². The number of amides is 2. The molecular formula is C10H18N2O2. The molecule has 14 heavy (non-hydrogen) atoms. The van der Waals surface area contributed by atoms with Gasteiger partial charge in [0.25, 0.3) is 0 Å². The Balaban J connectivity index is 2.60. The van der Waals surface area contributed by atoms with Crippen LogP contribution in [0.4, 0.5) is 0 Å². The third kappa shape index (κ3) is 2.32. The zero-order valence-corrected chi connectivity index (χ0v) is 9.04. The van der Waals surface area contributed by atoms with E-state index in [-0.39, 0.29) is 23.3 Å². The lowest BCUT2D eigenvalue weighted by Gasteiger charge is -2.29. The Labute approximate surface area is 84.4 Å². The summed E-state index contributed by atoms with van der Waals surface area (Å²) >= 11 is 0. The zero-order valence-electron chi connectivity index (χ0n) is 9.04. The summed E-state index contributed by atoms with van der Waals surface area (Å²) in [5, 5.41) is 0. The monoisotopic (exact) mass is 198 g/mol. The Kier molecular flexibility index (Phi) is 2.95. The number of hydrogen-bond acceptors (Lipinski definition) is 3. The van der Waals surface area contributed by atoms with Crippen molar-refractivity contribution >= 4 is 11.8 Å². The lowest BCUT2D eigenvalue weighted by Crippen LogP contribution is -2.47. The highest BCUT2D eigenvalue weighted by molar-refractivity contribution is 6.01. The first-order valence-corrected chi connectivity index (χ1v) is 4.91. The maximum Gasteiger partial charge on any atom is 0.229 e. The molecule has 1 aliphatic heterocycles. The fourth-order valence-corrected chi connectivity index (χ4v) is 1.30. The quantitative estimate of drug-likeness (QED) is 0.657. The van der Waals surface area contributed by atoms with E-state index >= 15 is 0 Å². The first-order chi connectivity index (χ1) is 6.32. The van der Waals surface area contributed by atoms with Gasteiger partial charge in [-0.3, -0.25) is 14.5 Å². The van der Waals surface area contributed by atoms with Crippen molar-refractivity contribution in [2.24, 2.45) is 11.1 Å². The average Bonchev–Trinajstić information content (AvgIpc) is 2.34. The molecule has 1 aliphatic rings. The summed E-state index contributed by atoms with van der Waals surface area (Å²) in [6.45, 7) is 6.36. The zero-order chi connectivity index (χ0) is 10.9. The lowest BCUT2D eigenvalue weighted by molar-refractivity contribution is -0.138. The molecule has 1 heterocycles. The minimum absolute atomic E-state index is 0.0802. The Morgan fingerprint density at radius 3 is 2.07 bits per heavy atom. The van der Waals surface area contributed by atoms with Crippen molar-refractivity contribution in [3.63, 3.8) is 0 Å². The van der Waals surface area contributed by atoms with E-state index in [2.05, 4.69) is 0 Å². The van der Waals surface area contributed by atoms with Crippen molar-refractivity contribution in [2.75, 3.05) is 6.54 Å². The molecule has 1 unspecified atom stereocenters. The van der Waals surface area contributed by atoms with Gasteiger partial charge in [-0.25, -0.2) is 0 Å². The Morgan fingerprint density at radius 2 is 1.71 bits per heavy atom. The Morgan fingerprint density at radius 1 is 1.29 bits per heavy atom. The maximum atomic E-state index is 11.3. The molecule has 2 amide bonds. The number of likely N-dealkylation sites (tertiary alicyclic amines) is 1. The van der Waals surface area contributed by atoms with Crippen LogP contribution in [0.3, 0.4) is 0 Å². The lowest BCUT2D eigenvalue weighted by atomic mass is 9.87. The number of hydrogen-bond donors (Lipinski definition) is 1. The van der Waals surface area contributed by atoms with Crippen LogP contribution >= 0.6 is 0 Å². The average molecular weight is 198 g/mol. The van der Waals surface area contributed by atoms with E-state index in [4.69, 9.17) is 5.73 Å². The minimum Gasteiger partial charge on any atom is -0.326 e. The Hall–Kier alpha value is -0.900. The summed E-state index contributed by atoms with van der Waals surface area (Å²) < 4.78 is 0. The van der Waals surface area contributed by atoms with Crippen LogP contribution in [0.5, 0.6) is 0 Å². The highest BCUT2D eigenvalue weighted by Crippen LogP contribution is 2.20. The van der Waals surface area contributed by atoms with Crippen LogP contribution in [0.2, 0.25) is 0 Å². The smallest absolute Gasteiger partial charge is 0.229 e. The minimum atomic E-state index is -0.159. The molecule has 0 spiro atoms. The van der Waals surface area contributed by atoms with Crippen molar-refractivity contribution in [1.29, 1.82) is 0 Å². The van der Waals surface area contributed by atoms with E-state index in [1.54, 1.807) is 0 Å². The van der Waals surface area contributed by atoms with E-state index in [9.17, 15) is 9.59 Å². The van der Waals surface area contributed by atoms with Gasteiger partial charge < -0.3 is 5.73 Å². The van der Waals surface area contributed by atoms with Crippen molar-refractivity contribution in [1.82, 2.24) is 4.90 Å². The van der Waals surface area contributed by atoms with Gasteiger partial charge in [-0.05, 0) is 5.41 Å². The van der Waals surface area contributed by atoms with Gasteiger partial charge in [0.15, 0.2) is 0 Å². The van der Waals surface area contributed by atoms with Crippen molar-refractivity contribution < 1.29 is 9.59 Å². The summed E-state index contributed by atoms with van der Waals surface area (Å²) in [4.78, 5) is 23.9. The van der Waals surface area contributed by atoms with E-state index in [1.165, 1.54) is 4.90 Å². The molecule has 4 nitrogen and oxygen atoms in total. The molecule has 0 saturated carbocycles. The molecule has 0 bridgehead atoms. The SMILES string of the molecule is CC(C)(C)C(N)CN1C(=O)CCC1=O. The van der Waals surface area contributed by atoms with Crippen LogP contribution in [0, 0.1) is 5.41 Å². The highest BCUT2D eigenvalue weighted by Gasteiger charge is 2.32. The van der Waals surface area contributed by atoms with Crippen molar-refractivity contribution in [3.8, 4) is 0 Å². The number of nitrogens with zero attached hydrogens (tertiary/aromatic N) is 1. The molecule has 80 valence electrons. The first kappa shape index (κ1) is 11.2. The predicted molar refractivity (Wildman–Crippen MR) is 53.4 cm³/mol. The fourth-order valence-electron chi connectivity index (χ4n) is 1.30. The van der Waals surface area contributed by atoms with Gasteiger partial charge in [-0.2, -0.15) is 0 Å². The summed E-state index contributed by atoms with van der Waals surface area (Å²) in [6, 6.07) is -0.159. The van der Waals surface area contributed by atoms with Gasteiger partial charge in [0, 0.05) is 25.4 Å². The van der Waals surface area contributed by atoms with Crippen LogP contribution in [0.15, 0.2) is 0 Å². The van der Waals surface area contributed by atoms with Gasteiger partial charge >= 0.3 is 0 Å². The van der Waals surface area contributed by atoms with Gasteiger partial charge in [0.05, 0.1) is 0 Å². The van der Waals surface area contributed by atoms with Crippen LogP contribution in [-0.4, -0.2) is 29.3 Å². The normalized spacial score (nSPS) is 20.4. The summed E-state index contributed by atoms with van der Waals surface area (Å²) in [6.07, 6.45) is 0.686. The second-order valence-corrected chi connectivity index (χ2v) is 4.87. The standard InChI is InChI=1S/C10H18N2O2/c1-10(2,3)7(11)6-12-8(13)4-5-9(12)14/h7H,4-6,11H2,1-3H3. The van der Waals surface area contributed by atoms with Gasteiger partial charge in [0.1, 0.15) is 0 Å². The van der Waals surface area contributed by atoms with Crippen molar-refractivity contribution in [2.45, 2.75) is 39.7 Å². The van der Waals surface area contributed by atoms with Crippen LogP contribution in [0.1, 0.15) is 33.6 Å². The maximum absolute atomic E-state index is 11.3. The number of carbonyl (C=O) groups is 2. The van der Waals surface area contributed by atoms with E-state index in [0.717, 1.165) is 0 Å². The number of imide groups is 1. The molecule has 1 atom stereocenters. The molecule has 0 aromatic heterocycles. The third-order valence-corrected chi connectivity index (χ3v) is 2.65. The number of carbonyl (C=O) groups excluding carboxylic acids is 2. The first-order valence-electron chi connectivity index (χ1n) is 4.91. The van der Waals surface area contributed by atoms with Gasteiger partial charge in [0.2, 0.25) is 11.8 Å². The fraction of sp³-hybridized carbons (Fsp3) is 0.800. The van der Waals surface area contributed by atoms with Crippen LogP contribution in [-0.2, 0) is 9.59 Å². The highest BCUT2D eigenvalue weighted by atomic mass is 16.2. The molecule has 0 radical (unpaired) electrons. The molecule has 2 N–H and O–H groups in total. The third-order valence-electron chi connectivity index (χ3n) is 2.65. The largest absolute Gasteiger partial charge is 0.326 e. The van der Waals surface area contributed by atoms with E-state index < -0.39 is 0 Å². The van der Waals surface area contributed by atoms with Crippen LogP contribution in [0.25, 0.3) is 0 Å². The Bertz CT molecular complexity index is 239. The molecule has 0 aliphatic carbocycles. The summed E-state index contributed by atoms with van der Waals surface area (Å²) in [7, 11) is 0. The van der Waals surface area contributed by atoms with E-state index in [0.29, 0.717) is 19.4 Å². The second kappa shape index (κ2) is 3.69. The molecule has 1 rings (SSSR count). The topological polar surface area (TPSA) is 63.4 Å². The van der Waals surface area contributed by atoms with Crippen molar-refractivity contribution in [3.05, 3.63) is 0 Å². The molecule has 1 fully saturated rings. The summed E-state index contributed by atoms with van der Waals surface area (Å²) in [5.74, 6) is -0.176. The number of rotatable bonds is 2.